The Balaban J connectivity index is 2.17. The van der Waals surface area contributed by atoms with Gasteiger partial charge in [-0.05, 0) is 39.5 Å². The summed E-state index contributed by atoms with van der Waals surface area (Å²) in [5, 5.41) is 3.92. The smallest absolute Gasteiger partial charge is 0.268 e. The van der Waals surface area contributed by atoms with Crippen molar-refractivity contribution in [3.8, 4) is 0 Å². The molecule has 2 heterocycles. The minimum atomic E-state index is 0.0239. The van der Waals surface area contributed by atoms with Crippen molar-refractivity contribution in [1.82, 2.24) is 9.88 Å². The van der Waals surface area contributed by atoms with Gasteiger partial charge in [0, 0.05) is 18.6 Å². The molecule has 0 radical (unpaired) electrons. The van der Waals surface area contributed by atoms with Crippen molar-refractivity contribution >= 4 is 28.2 Å². The molecule has 6 heteroatoms. The third kappa shape index (κ3) is 3.23. The van der Waals surface area contributed by atoms with E-state index in [1.165, 1.54) is 17.8 Å². The molecule has 1 aliphatic rings. The molecule has 3 N–H and O–H groups in total. The predicted octanol–water partition coefficient (Wildman–Crippen LogP) is 2.81. The number of hydrogen-bond acceptors (Lipinski definition) is 5. The van der Waals surface area contributed by atoms with Gasteiger partial charge in [-0.1, -0.05) is 18.3 Å². The Hall–Kier alpha value is -1.30. The SMILES string of the molecule is CC1CCC(C)N(C(=O)c2sc(NC(C)C)nc2N)C1. The van der Waals surface area contributed by atoms with E-state index in [9.17, 15) is 4.79 Å². The molecule has 1 aliphatic heterocycles. The van der Waals surface area contributed by atoms with Crippen molar-refractivity contribution in [1.29, 1.82) is 0 Å². The van der Waals surface area contributed by atoms with Crippen LogP contribution < -0.4 is 11.1 Å². The van der Waals surface area contributed by atoms with Crippen molar-refractivity contribution in [3.63, 3.8) is 0 Å². The van der Waals surface area contributed by atoms with Crippen molar-refractivity contribution < 1.29 is 4.79 Å². The van der Waals surface area contributed by atoms with Crippen LogP contribution in [0.2, 0.25) is 0 Å². The molecule has 1 aromatic heterocycles. The van der Waals surface area contributed by atoms with E-state index in [0.717, 1.165) is 18.1 Å². The molecule has 2 atom stereocenters. The second-order valence-corrected chi connectivity index (χ2v) is 7.02. The maximum atomic E-state index is 12.7. The van der Waals surface area contributed by atoms with Crippen LogP contribution in [-0.2, 0) is 0 Å². The molecule has 0 saturated carbocycles. The van der Waals surface area contributed by atoms with Crippen LogP contribution in [0.15, 0.2) is 0 Å². The number of nitrogen functional groups attached to an aromatic ring is 1. The van der Waals surface area contributed by atoms with Crippen LogP contribution in [0, 0.1) is 5.92 Å². The number of likely N-dealkylation sites (tertiary alicyclic amines) is 1. The van der Waals surface area contributed by atoms with Crippen LogP contribution in [0.1, 0.15) is 50.2 Å². The summed E-state index contributed by atoms with van der Waals surface area (Å²) in [6, 6.07) is 0.555. The molecule has 112 valence electrons. The van der Waals surface area contributed by atoms with Crippen molar-refractivity contribution in [2.75, 3.05) is 17.6 Å². The minimum absolute atomic E-state index is 0.0239. The monoisotopic (exact) mass is 296 g/mol. The van der Waals surface area contributed by atoms with Crippen molar-refractivity contribution in [3.05, 3.63) is 4.88 Å². The van der Waals surface area contributed by atoms with E-state index in [0.29, 0.717) is 16.6 Å². The molecular weight excluding hydrogens is 272 g/mol. The summed E-state index contributed by atoms with van der Waals surface area (Å²) in [6.45, 7) is 9.17. The molecule has 0 aromatic carbocycles. The molecule has 5 nitrogen and oxygen atoms in total. The molecular formula is C14H24N4OS. The maximum absolute atomic E-state index is 12.7. The molecule has 0 aliphatic carbocycles. The van der Waals surface area contributed by atoms with E-state index in [1.807, 2.05) is 18.7 Å². The van der Waals surface area contributed by atoms with Gasteiger partial charge in [0.1, 0.15) is 10.7 Å². The first kappa shape index (κ1) is 15.1. The average Bonchev–Trinajstić information content (AvgIpc) is 2.71. The highest BCUT2D eigenvalue weighted by Crippen LogP contribution is 2.30. The van der Waals surface area contributed by atoms with Gasteiger partial charge >= 0.3 is 0 Å². The van der Waals surface area contributed by atoms with Crippen molar-refractivity contribution in [2.45, 2.75) is 52.6 Å². The fourth-order valence-electron chi connectivity index (χ4n) is 2.50. The normalized spacial score (nSPS) is 23.1. The Bertz CT molecular complexity index is 486. The van der Waals surface area contributed by atoms with Gasteiger partial charge < -0.3 is 16.0 Å². The molecule has 1 aromatic rings. The topological polar surface area (TPSA) is 71.2 Å². The lowest BCUT2D eigenvalue weighted by Gasteiger charge is -2.36. The third-order valence-electron chi connectivity index (χ3n) is 3.64. The number of rotatable bonds is 3. The molecule has 2 rings (SSSR count). The number of nitrogens with zero attached hydrogens (tertiary/aromatic N) is 2. The summed E-state index contributed by atoms with van der Waals surface area (Å²) in [6.07, 6.45) is 2.24. The number of carbonyl (C=O) groups excluding carboxylic acids is 1. The maximum Gasteiger partial charge on any atom is 0.268 e. The Labute approximate surface area is 124 Å². The summed E-state index contributed by atoms with van der Waals surface area (Å²) < 4.78 is 0. The second kappa shape index (κ2) is 5.99. The fourth-order valence-corrected chi connectivity index (χ4v) is 3.48. The van der Waals surface area contributed by atoms with E-state index >= 15 is 0 Å². The lowest BCUT2D eigenvalue weighted by molar-refractivity contribution is 0.0580. The van der Waals surface area contributed by atoms with E-state index < -0.39 is 0 Å². The number of carbonyl (C=O) groups is 1. The molecule has 1 fully saturated rings. The van der Waals surface area contributed by atoms with E-state index in [2.05, 4.69) is 24.1 Å². The third-order valence-corrected chi connectivity index (χ3v) is 4.63. The second-order valence-electron chi connectivity index (χ2n) is 6.02. The summed E-state index contributed by atoms with van der Waals surface area (Å²) >= 11 is 1.35. The zero-order valence-electron chi connectivity index (χ0n) is 12.6. The molecule has 0 spiro atoms. The molecule has 2 unspecified atom stereocenters. The Morgan fingerprint density at radius 1 is 1.45 bits per heavy atom. The molecule has 1 amide bonds. The summed E-state index contributed by atoms with van der Waals surface area (Å²) in [5.41, 5.74) is 5.92. The molecule has 1 saturated heterocycles. The van der Waals surface area contributed by atoms with Crippen molar-refractivity contribution in [2.24, 2.45) is 5.92 Å². The first-order chi connectivity index (χ1) is 9.38. The van der Waals surface area contributed by atoms with E-state index in [4.69, 9.17) is 5.73 Å². The van der Waals surface area contributed by atoms with E-state index in [1.54, 1.807) is 0 Å². The van der Waals surface area contributed by atoms with Crippen LogP contribution in [0.25, 0.3) is 0 Å². The van der Waals surface area contributed by atoms with Crippen LogP contribution in [0.3, 0.4) is 0 Å². The number of nitrogens with two attached hydrogens (primary N) is 1. The highest BCUT2D eigenvalue weighted by atomic mass is 32.1. The summed E-state index contributed by atoms with van der Waals surface area (Å²) in [5.74, 6) is 0.919. The highest BCUT2D eigenvalue weighted by molar-refractivity contribution is 7.18. The van der Waals surface area contributed by atoms with Gasteiger partial charge in [-0.3, -0.25) is 4.79 Å². The fraction of sp³-hybridized carbons (Fsp3) is 0.714. The number of nitrogens with one attached hydrogen (secondary N) is 1. The van der Waals surface area contributed by atoms with Gasteiger partial charge in [-0.2, -0.15) is 0 Å². The average molecular weight is 296 g/mol. The number of piperidine rings is 1. The predicted molar refractivity (Wildman–Crippen MR) is 84.2 cm³/mol. The first-order valence-electron chi connectivity index (χ1n) is 7.22. The Morgan fingerprint density at radius 2 is 2.15 bits per heavy atom. The Kier molecular flexibility index (Phi) is 4.52. The summed E-state index contributed by atoms with van der Waals surface area (Å²) in [4.78, 5) is 19.4. The van der Waals surface area contributed by atoms with E-state index in [-0.39, 0.29) is 18.0 Å². The number of amides is 1. The number of thiazole rings is 1. The number of anilines is 2. The zero-order valence-corrected chi connectivity index (χ0v) is 13.5. The Morgan fingerprint density at radius 3 is 2.80 bits per heavy atom. The number of aromatic nitrogens is 1. The van der Waals surface area contributed by atoms with Gasteiger partial charge in [0.25, 0.3) is 5.91 Å². The van der Waals surface area contributed by atoms with Crippen LogP contribution in [0.5, 0.6) is 0 Å². The van der Waals surface area contributed by atoms with Gasteiger partial charge in [0.15, 0.2) is 5.13 Å². The standard InChI is InChI=1S/C14H24N4OS/c1-8(2)16-14-17-12(15)11(20-14)13(19)18-7-9(3)5-6-10(18)4/h8-10H,5-7,15H2,1-4H3,(H,16,17). The van der Waals surface area contributed by atoms with Gasteiger partial charge in [0.05, 0.1) is 0 Å². The minimum Gasteiger partial charge on any atom is -0.382 e. The largest absolute Gasteiger partial charge is 0.382 e. The van der Waals surface area contributed by atoms with Crippen LogP contribution in [0.4, 0.5) is 10.9 Å². The molecule has 0 bridgehead atoms. The quantitative estimate of drug-likeness (QED) is 0.899. The van der Waals surface area contributed by atoms with Gasteiger partial charge in [-0.25, -0.2) is 4.98 Å². The summed E-state index contributed by atoms with van der Waals surface area (Å²) in [7, 11) is 0. The van der Waals surface area contributed by atoms with Gasteiger partial charge in [-0.15, -0.1) is 0 Å². The van der Waals surface area contributed by atoms with Crippen LogP contribution in [-0.4, -0.2) is 34.4 Å². The lowest BCUT2D eigenvalue weighted by Crippen LogP contribution is -2.44. The first-order valence-corrected chi connectivity index (χ1v) is 8.04. The van der Waals surface area contributed by atoms with Gasteiger partial charge in [0.2, 0.25) is 0 Å². The zero-order chi connectivity index (χ0) is 14.9. The van der Waals surface area contributed by atoms with Crippen LogP contribution >= 0.6 is 11.3 Å². The molecule has 20 heavy (non-hydrogen) atoms. The lowest BCUT2D eigenvalue weighted by atomic mass is 9.95. The highest BCUT2D eigenvalue weighted by Gasteiger charge is 2.30. The number of hydrogen-bond donors (Lipinski definition) is 2.